The third-order valence-corrected chi connectivity index (χ3v) is 5.20. The van der Waals surface area contributed by atoms with E-state index in [0.717, 1.165) is 21.9 Å². The van der Waals surface area contributed by atoms with Crippen molar-refractivity contribution in [3.05, 3.63) is 75.7 Å². The van der Waals surface area contributed by atoms with Gasteiger partial charge in [-0.2, -0.15) is 5.10 Å². The molecule has 2 heterocycles. The van der Waals surface area contributed by atoms with Crippen LogP contribution in [0.15, 0.2) is 59.5 Å². The Balaban J connectivity index is 1.79. The van der Waals surface area contributed by atoms with Crippen molar-refractivity contribution in [2.24, 2.45) is 0 Å². The van der Waals surface area contributed by atoms with Crippen LogP contribution in [0.2, 0.25) is 5.02 Å². The first kappa shape index (κ1) is 20.1. The van der Waals surface area contributed by atoms with Crippen LogP contribution in [-0.2, 0) is 22.6 Å². The van der Waals surface area contributed by atoms with Crippen LogP contribution in [0, 0.1) is 0 Å². The molecule has 0 fully saturated rings. The van der Waals surface area contributed by atoms with E-state index in [9.17, 15) is 9.59 Å². The smallest absolute Gasteiger partial charge is 0.291 e. The van der Waals surface area contributed by atoms with E-state index in [0.29, 0.717) is 30.2 Å². The van der Waals surface area contributed by atoms with Gasteiger partial charge in [-0.25, -0.2) is 4.68 Å². The van der Waals surface area contributed by atoms with E-state index < -0.39 is 0 Å². The van der Waals surface area contributed by atoms with E-state index in [1.807, 2.05) is 53.1 Å². The lowest BCUT2D eigenvalue weighted by atomic mass is 10.2. The van der Waals surface area contributed by atoms with Gasteiger partial charge in [-0.15, -0.1) is 0 Å². The van der Waals surface area contributed by atoms with Crippen LogP contribution in [0.4, 0.5) is 0 Å². The van der Waals surface area contributed by atoms with Crippen molar-refractivity contribution < 1.29 is 9.53 Å². The maximum absolute atomic E-state index is 13.3. The third kappa shape index (κ3) is 3.94. The highest BCUT2D eigenvalue weighted by Crippen LogP contribution is 2.27. The van der Waals surface area contributed by atoms with Gasteiger partial charge in [-0.05, 0) is 23.8 Å². The molecule has 2 aromatic heterocycles. The number of para-hydroxylation sites is 1. The average Bonchev–Trinajstić information content (AvgIpc) is 3.06. The Labute approximate surface area is 177 Å². The zero-order valence-corrected chi connectivity index (χ0v) is 17.2. The summed E-state index contributed by atoms with van der Waals surface area (Å²) >= 11 is 6.01. The van der Waals surface area contributed by atoms with Gasteiger partial charge in [0.2, 0.25) is 5.91 Å². The Morgan fingerprint density at radius 2 is 1.90 bits per heavy atom. The van der Waals surface area contributed by atoms with Gasteiger partial charge in [-0.3, -0.25) is 9.59 Å². The summed E-state index contributed by atoms with van der Waals surface area (Å²) < 4.78 is 8.09. The number of amides is 1. The number of nitrogens with one attached hydrogen (secondary N) is 1. The molecule has 1 N–H and O–H groups in total. The Morgan fingerprint density at radius 1 is 1.13 bits per heavy atom. The molecular weight excluding hydrogens is 404 g/mol. The highest BCUT2D eigenvalue weighted by Gasteiger charge is 2.17. The summed E-state index contributed by atoms with van der Waals surface area (Å²) in [6, 6.07) is 15.4. The summed E-state index contributed by atoms with van der Waals surface area (Å²) in [6.07, 6.45) is 1.65. The molecule has 1 amide bonds. The minimum absolute atomic E-state index is 0.152. The van der Waals surface area contributed by atoms with Crippen LogP contribution in [0.5, 0.6) is 0 Å². The van der Waals surface area contributed by atoms with Gasteiger partial charge in [0, 0.05) is 41.5 Å². The minimum Gasteiger partial charge on any atom is -0.383 e. The summed E-state index contributed by atoms with van der Waals surface area (Å²) in [5.74, 6) is -0.290. The van der Waals surface area contributed by atoms with E-state index in [-0.39, 0.29) is 18.0 Å². The molecule has 4 aromatic rings. The fraction of sp³-hybridized carbons (Fsp3) is 0.227. The molecule has 2 aromatic carbocycles. The number of ether oxygens (including phenoxy) is 1. The normalized spacial score (nSPS) is 11.3. The van der Waals surface area contributed by atoms with Gasteiger partial charge in [0.05, 0.1) is 12.8 Å². The summed E-state index contributed by atoms with van der Waals surface area (Å²) in [5.41, 5.74) is 2.16. The summed E-state index contributed by atoms with van der Waals surface area (Å²) in [4.78, 5) is 25.5. The molecule has 0 radical (unpaired) electrons. The number of fused-ring (bicyclic) bond motifs is 3. The van der Waals surface area contributed by atoms with Crippen molar-refractivity contribution >= 4 is 39.3 Å². The van der Waals surface area contributed by atoms with Crippen molar-refractivity contribution in [2.45, 2.75) is 13.1 Å². The first-order valence-electron chi connectivity index (χ1n) is 9.55. The van der Waals surface area contributed by atoms with Crippen LogP contribution in [-0.4, -0.2) is 40.5 Å². The molecule has 8 heteroatoms. The van der Waals surface area contributed by atoms with E-state index in [1.54, 1.807) is 13.3 Å². The van der Waals surface area contributed by atoms with Crippen molar-refractivity contribution in [3.8, 4) is 0 Å². The largest absolute Gasteiger partial charge is 0.383 e. The molecule has 4 rings (SSSR count). The van der Waals surface area contributed by atoms with Crippen molar-refractivity contribution in [3.63, 3.8) is 0 Å². The summed E-state index contributed by atoms with van der Waals surface area (Å²) in [6.45, 7) is 1.13. The molecule has 0 bridgehead atoms. The predicted molar refractivity (Wildman–Crippen MR) is 117 cm³/mol. The molecular formula is C22H21ClN4O3. The Kier molecular flexibility index (Phi) is 5.83. The number of rotatable bonds is 7. The first-order valence-corrected chi connectivity index (χ1v) is 9.93. The Bertz CT molecular complexity index is 1260. The van der Waals surface area contributed by atoms with Gasteiger partial charge in [-0.1, -0.05) is 41.9 Å². The highest BCUT2D eigenvalue weighted by atomic mass is 35.5. The number of carbonyl (C=O) groups is 1. The van der Waals surface area contributed by atoms with Crippen molar-refractivity contribution in [2.75, 3.05) is 20.3 Å². The standard InChI is InChI=1S/C22H21ClN4O3/c1-30-11-10-24-20(28)14-27-22(29)21-18(12-25-27)17-4-2-3-5-19(17)26(21)13-15-6-8-16(23)9-7-15/h2-9,12H,10-11,13-14H2,1H3,(H,24,28). The Morgan fingerprint density at radius 3 is 2.67 bits per heavy atom. The maximum Gasteiger partial charge on any atom is 0.291 e. The van der Waals surface area contributed by atoms with Gasteiger partial charge in [0.25, 0.3) is 5.56 Å². The lowest BCUT2D eigenvalue weighted by Crippen LogP contribution is -2.35. The molecule has 0 saturated carbocycles. The van der Waals surface area contributed by atoms with E-state index in [2.05, 4.69) is 10.4 Å². The van der Waals surface area contributed by atoms with E-state index >= 15 is 0 Å². The van der Waals surface area contributed by atoms with Crippen LogP contribution >= 0.6 is 11.6 Å². The molecule has 0 unspecified atom stereocenters. The highest BCUT2D eigenvalue weighted by molar-refractivity contribution is 6.30. The first-order chi connectivity index (χ1) is 14.6. The summed E-state index contributed by atoms with van der Waals surface area (Å²) in [7, 11) is 1.56. The number of methoxy groups -OCH3 is 1. The van der Waals surface area contributed by atoms with Crippen LogP contribution < -0.4 is 10.9 Å². The maximum atomic E-state index is 13.3. The second-order valence-corrected chi connectivity index (χ2v) is 7.38. The third-order valence-electron chi connectivity index (χ3n) is 4.95. The molecule has 0 spiro atoms. The molecule has 30 heavy (non-hydrogen) atoms. The molecule has 0 aliphatic rings. The van der Waals surface area contributed by atoms with E-state index in [4.69, 9.17) is 16.3 Å². The van der Waals surface area contributed by atoms with Gasteiger partial charge < -0.3 is 14.6 Å². The average molecular weight is 425 g/mol. The number of halogens is 1. The fourth-order valence-electron chi connectivity index (χ4n) is 3.53. The minimum atomic E-state index is -0.306. The number of hydrogen-bond acceptors (Lipinski definition) is 4. The number of carbonyl (C=O) groups excluding carboxylic acids is 1. The number of aromatic nitrogens is 3. The molecule has 7 nitrogen and oxygen atoms in total. The lowest BCUT2D eigenvalue weighted by molar-refractivity contribution is -0.122. The molecule has 0 aliphatic carbocycles. The van der Waals surface area contributed by atoms with E-state index in [1.165, 1.54) is 4.68 Å². The van der Waals surface area contributed by atoms with Gasteiger partial charge >= 0.3 is 0 Å². The van der Waals surface area contributed by atoms with Gasteiger partial charge in [0.1, 0.15) is 12.1 Å². The zero-order chi connectivity index (χ0) is 21.1. The fourth-order valence-corrected chi connectivity index (χ4v) is 3.65. The lowest BCUT2D eigenvalue weighted by Gasteiger charge is -2.09. The Hall–Kier alpha value is -3.16. The summed E-state index contributed by atoms with van der Waals surface area (Å²) in [5, 5.41) is 9.32. The second kappa shape index (κ2) is 8.69. The molecule has 154 valence electrons. The molecule has 0 atom stereocenters. The van der Waals surface area contributed by atoms with Gasteiger partial charge in [0.15, 0.2) is 0 Å². The molecule has 0 aliphatic heterocycles. The molecule has 0 saturated heterocycles. The van der Waals surface area contributed by atoms with Crippen molar-refractivity contribution in [1.29, 1.82) is 0 Å². The quantitative estimate of drug-likeness (QED) is 0.463. The topological polar surface area (TPSA) is 78.2 Å². The van der Waals surface area contributed by atoms with Crippen molar-refractivity contribution in [1.82, 2.24) is 19.7 Å². The number of hydrogen-bond donors (Lipinski definition) is 1. The van der Waals surface area contributed by atoms with Crippen LogP contribution in [0.25, 0.3) is 21.8 Å². The second-order valence-electron chi connectivity index (χ2n) is 6.94. The monoisotopic (exact) mass is 424 g/mol. The number of benzene rings is 2. The zero-order valence-electron chi connectivity index (χ0n) is 16.5. The van der Waals surface area contributed by atoms with Crippen LogP contribution in [0.3, 0.4) is 0 Å². The SMILES string of the molecule is COCCNC(=O)Cn1ncc2c3ccccc3n(Cc3ccc(Cl)cc3)c2c1=O. The number of nitrogens with zero attached hydrogens (tertiary/aromatic N) is 3. The predicted octanol–water partition coefficient (Wildman–Crippen LogP) is 2.82. The van der Waals surface area contributed by atoms with Crippen LogP contribution in [0.1, 0.15) is 5.56 Å².